The van der Waals surface area contributed by atoms with Crippen molar-refractivity contribution in [2.45, 2.75) is 0 Å². The first kappa shape index (κ1) is 18.6. The monoisotopic (exact) mass is 403 g/mol. The van der Waals surface area contributed by atoms with Gasteiger partial charge in [-0.3, -0.25) is 14.9 Å². The first-order valence-corrected chi connectivity index (χ1v) is 8.33. The smallest absolute Gasteiger partial charge is 0.271 e. The zero-order valence-electron chi connectivity index (χ0n) is 13.6. The van der Waals surface area contributed by atoms with Gasteiger partial charge in [-0.1, -0.05) is 23.2 Å². The van der Waals surface area contributed by atoms with E-state index in [4.69, 9.17) is 27.6 Å². The minimum Gasteiger partial charge on any atom is -0.455 e. The van der Waals surface area contributed by atoms with Gasteiger partial charge in [0.15, 0.2) is 0 Å². The van der Waals surface area contributed by atoms with Gasteiger partial charge in [0, 0.05) is 28.3 Å². The number of hydrogen-bond acceptors (Lipinski definition) is 5. The molecular weight excluding hydrogens is 393 g/mol. The molecule has 0 fully saturated rings. The summed E-state index contributed by atoms with van der Waals surface area (Å²) in [4.78, 5) is 22.3. The Morgan fingerprint density at radius 2 is 1.85 bits per heavy atom. The number of hydrazone groups is 1. The van der Waals surface area contributed by atoms with Crippen LogP contribution in [0.15, 0.2) is 64.1 Å². The molecule has 0 aliphatic heterocycles. The van der Waals surface area contributed by atoms with Crippen LogP contribution in [0.5, 0.6) is 0 Å². The van der Waals surface area contributed by atoms with Crippen LogP contribution in [0.2, 0.25) is 10.0 Å². The van der Waals surface area contributed by atoms with E-state index >= 15 is 0 Å². The van der Waals surface area contributed by atoms with E-state index in [1.165, 1.54) is 24.4 Å². The molecule has 3 aromatic rings. The van der Waals surface area contributed by atoms with Gasteiger partial charge in [-0.2, -0.15) is 5.10 Å². The molecule has 136 valence electrons. The third-order valence-electron chi connectivity index (χ3n) is 3.52. The number of furan rings is 1. The minimum atomic E-state index is -0.516. The van der Waals surface area contributed by atoms with Crippen molar-refractivity contribution in [1.29, 1.82) is 0 Å². The highest BCUT2D eigenvalue weighted by atomic mass is 35.5. The molecule has 0 aliphatic rings. The van der Waals surface area contributed by atoms with E-state index in [2.05, 4.69) is 10.5 Å². The molecule has 2 aromatic carbocycles. The third-order valence-corrected chi connectivity index (χ3v) is 4.10. The largest absolute Gasteiger partial charge is 0.455 e. The summed E-state index contributed by atoms with van der Waals surface area (Å²) in [6, 6.07) is 13.6. The number of non-ortho nitro benzene ring substituents is 1. The number of benzene rings is 2. The second kappa shape index (κ2) is 8.03. The van der Waals surface area contributed by atoms with E-state index in [9.17, 15) is 14.9 Å². The summed E-state index contributed by atoms with van der Waals surface area (Å²) in [6.45, 7) is 0. The highest BCUT2D eigenvalue weighted by Gasteiger charge is 2.14. The first-order valence-electron chi connectivity index (χ1n) is 7.57. The fourth-order valence-corrected chi connectivity index (χ4v) is 2.54. The molecule has 3 rings (SSSR count). The van der Waals surface area contributed by atoms with Gasteiger partial charge < -0.3 is 4.42 Å². The van der Waals surface area contributed by atoms with E-state index in [1.54, 1.807) is 36.4 Å². The third kappa shape index (κ3) is 4.52. The zero-order chi connectivity index (χ0) is 19.4. The Bertz CT molecular complexity index is 1030. The highest BCUT2D eigenvalue weighted by molar-refractivity contribution is 6.33. The van der Waals surface area contributed by atoms with Crippen LogP contribution in [0, 0.1) is 10.1 Å². The molecule has 1 N–H and O–H groups in total. The Hall–Kier alpha value is -3.16. The SMILES string of the molecule is O=C(NN=Cc1ccc(-c2cc([N+](=O)[O-])ccc2Cl)o1)c1ccc(Cl)cc1. The number of rotatable bonds is 5. The van der Waals surface area contributed by atoms with Crippen LogP contribution in [0.25, 0.3) is 11.3 Å². The molecule has 0 saturated carbocycles. The van der Waals surface area contributed by atoms with Gasteiger partial charge in [0.2, 0.25) is 0 Å². The van der Waals surface area contributed by atoms with Crippen LogP contribution < -0.4 is 5.43 Å². The predicted molar refractivity (Wildman–Crippen MR) is 102 cm³/mol. The van der Waals surface area contributed by atoms with Crippen LogP contribution in [-0.2, 0) is 0 Å². The van der Waals surface area contributed by atoms with Crippen molar-refractivity contribution in [3.63, 3.8) is 0 Å². The van der Waals surface area contributed by atoms with Crippen molar-refractivity contribution in [3.8, 4) is 11.3 Å². The lowest BCUT2D eigenvalue weighted by molar-refractivity contribution is -0.384. The molecule has 0 aliphatic carbocycles. The Balaban J connectivity index is 1.72. The van der Waals surface area contributed by atoms with Crippen LogP contribution in [0.3, 0.4) is 0 Å². The van der Waals surface area contributed by atoms with Crippen molar-refractivity contribution < 1.29 is 14.1 Å². The summed E-state index contributed by atoms with van der Waals surface area (Å²) in [5, 5.41) is 15.6. The zero-order valence-corrected chi connectivity index (χ0v) is 15.1. The number of nitro benzene ring substituents is 1. The van der Waals surface area contributed by atoms with Crippen LogP contribution in [0.1, 0.15) is 16.1 Å². The van der Waals surface area contributed by atoms with Gasteiger partial charge >= 0.3 is 0 Å². The summed E-state index contributed by atoms with van der Waals surface area (Å²) >= 11 is 11.9. The molecule has 0 radical (unpaired) electrons. The van der Waals surface area contributed by atoms with E-state index in [0.29, 0.717) is 32.7 Å². The number of hydrogen-bond donors (Lipinski definition) is 1. The van der Waals surface area contributed by atoms with Crippen molar-refractivity contribution in [3.05, 3.63) is 86.1 Å². The van der Waals surface area contributed by atoms with Crippen LogP contribution >= 0.6 is 23.2 Å². The number of nitrogens with one attached hydrogen (secondary N) is 1. The fourth-order valence-electron chi connectivity index (χ4n) is 2.20. The molecule has 27 heavy (non-hydrogen) atoms. The van der Waals surface area contributed by atoms with Crippen molar-refractivity contribution >= 4 is 41.0 Å². The lowest BCUT2D eigenvalue weighted by Gasteiger charge is -2.01. The molecule has 0 saturated heterocycles. The Morgan fingerprint density at radius 3 is 2.56 bits per heavy atom. The first-order chi connectivity index (χ1) is 12.9. The summed E-state index contributed by atoms with van der Waals surface area (Å²) in [7, 11) is 0. The van der Waals surface area contributed by atoms with Crippen molar-refractivity contribution in [2.75, 3.05) is 0 Å². The maximum atomic E-state index is 11.9. The standard InChI is InChI=1S/C18H11Cl2N3O4/c19-12-3-1-11(2-4-12)18(24)22-21-10-14-6-8-17(27-14)15-9-13(23(25)26)5-7-16(15)20/h1-10H,(H,22,24). The molecule has 0 spiro atoms. The predicted octanol–water partition coefficient (Wildman–Crippen LogP) is 4.93. The maximum Gasteiger partial charge on any atom is 0.271 e. The molecular formula is C18H11Cl2N3O4. The quantitative estimate of drug-likeness (QED) is 0.371. The van der Waals surface area contributed by atoms with Crippen LogP contribution in [-0.4, -0.2) is 17.0 Å². The lowest BCUT2D eigenvalue weighted by atomic mass is 10.1. The number of halogens is 2. The number of carbonyl (C=O) groups is 1. The molecule has 1 heterocycles. The minimum absolute atomic E-state index is 0.101. The summed E-state index contributed by atoms with van der Waals surface area (Å²) in [5.41, 5.74) is 3.05. The molecule has 7 nitrogen and oxygen atoms in total. The number of nitro groups is 1. The molecule has 9 heteroatoms. The van der Waals surface area contributed by atoms with Crippen LogP contribution in [0.4, 0.5) is 5.69 Å². The van der Waals surface area contributed by atoms with E-state index < -0.39 is 10.8 Å². The van der Waals surface area contributed by atoms with Gasteiger partial charge in [0.1, 0.15) is 11.5 Å². The second-order valence-corrected chi connectivity index (χ2v) is 6.17. The van der Waals surface area contributed by atoms with Gasteiger partial charge in [0.25, 0.3) is 11.6 Å². The molecule has 1 amide bonds. The number of nitrogens with zero attached hydrogens (tertiary/aromatic N) is 2. The van der Waals surface area contributed by atoms with Gasteiger partial charge in [-0.25, -0.2) is 5.43 Å². The summed E-state index contributed by atoms with van der Waals surface area (Å²) in [5.74, 6) is 0.273. The van der Waals surface area contributed by atoms with E-state index in [-0.39, 0.29) is 5.69 Å². The topological polar surface area (TPSA) is 97.7 Å². The normalized spacial score (nSPS) is 10.9. The Morgan fingerprint density at radius 1 is 1.11 bits per heavy atom. The second-order valence-electron chi connectivity index (χ2n) is 5.33. The number of amides is 1. The number of carbonyl (C=O) groups excluding carboxylic acids is 1. The Kier molecular flexibility index (Phi) is 5.54. The summed E-state index contributed by atoms with van der Waals surface area (Å²) < 4.78 is 5.56. The van der Waals surface area contributed by atoms with Gasteiger partial charge in [0.05, 0.1) is 16.2 Å². The van der Waals surface area contributed by atoms with Gasteiger partial charge in [-0.15, -0.1) is 0 Å². The lowest BCUT2D eigenvalue weighted by Crippen LogP contribution is -2.17. The van der Waals surface area contributed by atoms with E-state index in [0.717, 1.165) is 0 Å². The molecule has 0 bridgehead atoms. The average Bonchev–Trinajstić information content (AvgIpc) is 3.11. The van der Waals surface area contributed by atoms with Crippen molar-refractivity contribution in [2.24, 2.45) is 5.10 Å². The Labute approximate surface area is 163 Å². The average molecular weight is 404 g/mol. The van der Waals surface area contributed by atoms with Crippen molar-refractivity contribution in [1.82, 2.24) is 5.43 Å². The fraction of sp³-hybridized carbons (Fsp3) is 0. The molecule has 0 atom stereocenters. The maximum absolute atomic E-state index is 11.9. The highest BCUT2D eigenvalue weighted by Crippen LogP contribution is 2.32. The van der Waals surface area contributed by atoms with E-state index in [1.807, 2.05) is 0 Å². The molecule has 0 unspecified atom stereocenters. The molecule has 1 aromatic heterocycles. The van der Waals surface area contributed by atoms with Gasteiger partial charge in [-0.05, 0) is 42.5 Å². The summed E-state index contributed by atoms with van der Waals surface area (Å²) in [6.07, 6.45) is 1.31.